The summed E-state index contributed by atoms with van der Waals surface area (Å²) in [5.74, 6) is -0.320. The number of aromatic nitrogens is 4. The fourth-order valence-electron chi connectivity index (χ4n) is 3.01. The van der Waals surface area contributed by atoms with Gasteiger partial charge in [0.15, 0.2) is 23.7 Å². The maximum atomic E-state index is 12.3. The Kier molecular flexibility index (Phi) is 4.22. The number of ether oxygens (including phenoxy) is 1. The van der Waals surface area contributed by atoms with Crippen molar-refractivity contribution in [3.8, 4) is 0 Å². The highest BCUT2D eigenvalue weighted by atomic mass is 31.2. The smallest absolute Gasteiger partial charge is 0.385 e. The van der Waals surface area contributed by atoms with Gasteiger partial charge in [-0.25, -0.2) is 19.8 Å². The Bertz CT molecular complexity index is 863. The predicted octanol–water partition coefficient (Wildman–Crippen LogP) is -0.960. The van der Waals surface area contributed by atoms with Gasteiger partial charge in [-0.05, 0) is 0 Å². The molecule has 0 bridgehead atoms. The minimum absolute atomic E-state index is 0.00894. The van der Waals surface area contributed by atoms with Gasteiger partial charge in [0.05, 0.1) is 6.33 Å². The quantitative estimate of drug-likeness (QED) is 0.499. The minimum atomic E-state index is -3.47. The van der Waals surface area contributed by atoms with Gasteiger partial charge in [-0.3, -0.25) is 9.36 Å². The van der Waals surface area contributed by atoms with Crippen molar-refractivity contribution in [2.45, 2.75) is 24.5 Å². The van der Waals surface area contributed by atoms with E-state index in [1.54, 1.807) is 14.1 Å². The Morgan fingerprint density at radius 2 is 2.19 bits per heavy atom. The zero-order chi connectivity index (χ0) is 18.6. The van der Waals surface area contributed by atoms with Crippen LogP contribution >= 0.6 is 7.82 Å². The number of imidazole rings is 1. The highest BCUT2D eigenvalue weighted by molar-refractivity contribution is 7.85. The first-order chi connectivity index (χ1) is 12.3. The van der Waals surface area contributed by atoms with E-state index in [4.69, 9.17) is 21.4 Å². The fraction of sp³-hybridized carbons (Fsp3) is 0.538. The molecule has 2 aliphatic rings. The van der Waals surface area contributed by atoms with Crippen molar-refractivity contribution < 1.29 is 28.6 Å². The zero-order valence-electron chi connectivity index (χ0n) is 14.0. The molecule has 4 heterocycles. The molecular weight excluding hydrogens is 364 g/mol. The van der Waals surface area contributed by atoms with Gasteiger partial charge in [0.1, 0.15) is 30.7 Å². The van der Waals surface area contributed by atoms with Crippen LogP contribution < -0.4 is 0 Å². The number of aliphatic hydroxyl groups is 1. The first-order valence-electron chi connectivity index (χ1n) is 7.74. The lowest BCUT2D eigenvalue weighted by atomic mass is 10.1. The number of amides is 1. The summed E-state index contributed by atoms with van der Waals surface area (Å²) in [5, 5.41) is 10.6. The van der Waals surface area contributed by atoms with Gasteiger partial charge in [-0.2, -0.15) is 9.05 Å². The van der Waals surface area contributed by atoms with Crippen molar-refractivity contribution in [3.05, 3.63) is 18.3 Å². The average Bonchev–Trinajstić information content (AvgIpc) is 3.15. The summed E-state index contributed by atoms with van der Waals surface area (Å²) in [4.78, 5) is 35.8. The van der Waals surface area contributed by atoms with Crippen LogP contribution in [-0.2, 0) is 13.8 Å². The molecule has 2 saturated heterocycles. The van der Waals surface area contributed by atoms with Crippen molar-refractivity contribution in [2.24, 2.45) is 0 Å². The van der Waals surface area contributed by atoms with Crippen molar-refractivity contribution >= 4 is 32.5 Å². The molecule has 0 aliphatic carbocycles. The number of carbonyl (C=O) groups is 1. The Morgan fingerprint density at radius 1 is 1.42 bits per heavy atom. The summed E-state index contributed by atoms with van der Waals surface area (Å²) in [6.45, 7) is -0.00894. The van der Waals surface area contributed by atoms with E-state index in [1.165, 1.54) is 22.1 Å². The third-order valence-corrected chi connectivity index (χ3v) is 5.31. The van der Waals surface area contributed by atoms with Crippen molar-refractivity contribution in [2.75, 3.05) is 20.7 Å². The van der Waals surface area contributed by atoms with E-state index in [0.717, 1.165) is 0 Å². The largest absolute Gasteiger partial charge is 0.488 e. The van der Waals surface area contributed by atoms with Gasteiger partial charge >= 0.3 is 15.4 Å². The van der Waals surface area contributed by atoms with Crippen LogP contribution in [0.15, 0.2) is 12.7 Å². The Labute approximate surface area is 149 Å². The second-order valence-corrected chi connectivity index (χ2v) is 7.83. The van der Waals surface area contributed by atoms with E-state index >= 15 is 0 Å². The molecule has 26 heavy (non-hydrogen) atoms. The van der Waals surface area contributed by atoms with Gasteiger partial charge in [-0.1, -0.05) is 0 Å². The maximum Gasteiger partial charge on any atom is 0.488 e. The van der Waals surface area contributed by atoms with Gasteiger partial charge < -0.3 is 14.7 Å². The van der Waals surface area contributed by atoms with Crippen LogP contribution in [0.3, 0.4) is 0 Å². The monoisotopic (exact) mass is 380 g/mol. The molecular formula is C13H16BN5O6P+. The summed E-state index contributed by atoms with van der Waals surface area (Å²) in [7, 11) is 5.25. The summed E-state index contributed by atoms with van der Waals surface area (Å²) < 4.78 is 17.6. The Balaban J connectivity index is 1.70. The zero-order valence-corrected chi connectivity index (χ0v) is 14.9. The first kappa shape index (κ1) is 17.7. The average molecular weight is 380 g/mol. The molecule has 0 saturated carbocycles. The molecule has 11 nitrogen and oxygen atoms in total. The molecule has 2 aromatic heterocycles. The molecule has 2 radical (unpaired) electrons. The lowest BCUT2D eigenvalue weighted by Crippen LogP contribution is -2.40. The highest BCUT2D eigenvalue weighted by Gasteiger charge is 2.57. The number of hydrogen-bond acceptors (Lipinski definition) is 9. The minimum Gasteiger partial charge on any atom is -0.385 e. The molecule has 2 aromatic rings. The highest BCUT2D eigenvalue weighted by Crippen LogP contribution is 2.58. The maximum absolute atomic E-state index is 12.3. The molecule has 0 spiro atoms. The Hall–Kier alpha value is -1.69. The van der Waals surface area contributed by atoms with E-state index in [-0.39, 0.29) is 23.7 Å². The number of aliphatic hydroxyl groups excluding tert-OH is 1. The van der Waals surface area contributed by atoms with Crippen LogP contribution in [0, 0.1) is 0 Å². The van der Waals surface area contributed by atoms with E-state index < -0.39 is 32.4 Å². The van der Waals surface area contributed by atoms with Crippen molar-refractivity contribution in [3.63, 3.8) is 0 Å². The molecule has 136 valence electrons. The van der Waals surface area contributed by atoms with E-state index in [1.807, 2.05) is 0 Å². The van der Waals surface area contributed by atoms with Crippen molar-refractivity contribution in [1.29, 1.82) is 0 Å². The Morgan fingerprint density at radius 3 is 2.92 bits per heavy atom. The van der Waals surface area contributed by atoms with E-state index in [0.29, 0.717) is 5.65 Å². The lowest BCUT2D eigenvalue weighted by molar-refractivity contribution is -0.0603. The van der Waals surface area contributed by atoms with Crippen molar-refractivity contribution in [1.82, 2.24) is 24.4 Å². The van der Waals surface area contributed by atoms with E-state index in [2.05, 4.69) is 15.0 Å². The second kappa shape index (κ2) is 6.19. The van der Waals surface area contributed by atoms with Gasteiger partial charge in [0, 0.05) is 14.1 Å². The number of rotatable bonds is 2. The van der Waals surface area contributed by atoms with Crippen LogP contribution in [-0.4, -0.2) is 86.9 Å². The van der Waals surface area contributed by atoms with Crippen LogP contribution in [0.25, 0.3) is 11.2 Å². The molecule has 13 heteroatoms. The topological polar surface area (TPSA) is 132 Å². The second-order valence-electron chi connectivity index (χ2n) is 6.23. The SMILES string of the molecule is [B][P+]1(O)OC[C@H]2O[C@@H](n3cnc4c(C(=O)N(C)C)ncnc43)[C@@H](O)[C@H]2O1. The number of carbonyl (C=O) groups excluding carboxylic acids is 1. The summed E-state index contributed by atoms with van der Waals surface area (Å²) in [6, 6.07) is 0. The van der Waals surface area contributed by atoms with Crippen LogP contribution in [0.5, 0.6) is 0 Å². The molecule has 5 atom stereocenters. The summed E-state index contributed by atoms with van der Waals surface area (Å²) in [6.07, 6.45) is -0.842. The number of nitrogens with zero attached hydrogens (tertiary/aromatic N) is 5. The van der Waals surface area contributed by atoms with Crippen LogP contribution in [0.2, 0.25) is 0 Å². The molecule has 1 unspecified atom stereocenters. The molecule has 2 fully saturated rings. The third kappa shape index (κ3) is 2.79. The van der Waals surface area contributed by atoms with Gasteiger partial charge in [0.2, 0.25) is 0 Å². The first-order valence-corrected chi connectivity index (χ1v) is 9.39. The lowest BCUT2D eigenvalue weighted by Gasteiger charge is -2.27. The molecule has 2 N–H and O–H groups in total. The molecule has 2 aliphatic heterocycles. The van der Waals surface area contributed by atoms with E-state index in [9.17, 15) is 14.8 Å². The van der Waals surface area contributed by atoms with Gasteiger partial charge in [0.25, 0.3) is 5.91 Å². The molecule has 0 aromatic carbocycles. The number of hydrogen-bond donors (Lipinski definition) is 2. The standard InChI is InChI=1S/C13H16BN5O6P/c1-18(2)12(21)8-7-11(16-4-15-8)19(5-17-7)13-9(20)10-6(24-13)3-23-26(14,22)25-10/h4-6,9-10,13,20,22H,3H2,1-2H3/q+1/t6-,9+,10+,13-,26?/m1/s1. The molecule has 1 amide bonds. The number of fused-ring (bicyclic) bond motifs is 2. The molecule has 4 rings (SSSR count). The summed E-state index contributed by atoms with van der Waals surface area (Å²) in [5.41, 5.74) is 0.758. The van der Waals surface area contributed by atoms with Crippen LogP contribution in [0.4, 0.5) is 0 Å². The predicted molar refractivity (Wildman–Crippen MR) is 89.0 cm³/mol. The van der Waals surface area contributed by atoms with Crippen LogP contribution in [0.1, 0.15) is 16.7 Å². The van der Waals surface area contributed by atoms with Gasteiger partial charge in [-0.15, -0.1) is 0 Å². The third-order valence-electron chi connectivity index (χ3n) is 4.25. The normalized spacial score (nSPS) is 34.0. The fourth-order valence-corrected chi connectivity index (χ4v) is 4.04. The summed E-state index contributed by atoms with van der Waals surface area (Å²) >= 11 is 0.